The second-order valence-corrected chi connectivity index (χ2v) is 5.99. The first-order chi connectivity index (χ1) is 13.1. The zero-order valence-corrected chi connectivity index (χ0v) is 15.6. The standard InChI is InChI=1S/C21H22N2O4/c1-4-23(5-2)14-10-11-15-18(24)13-17(21(25)27-20(15)12-14)22-16-8-6-7-9-19(16)26-3/h6-13,22H,4-5H2,1-3H3. The van der Waals surface area contributed by atoms with Crippen LogP contribution in [0.15, 0.2) is 62.5 Å². The van der Waals surface area contributed by atoms with Gasteiger partial charge in [0.25, 0.3) is 0 Å². The minimum absolute atomic E-state index is 0.0603. The number of ether oxygens (including phenoxy) is 1. The Bertz CT molecular complexity index is 1070. The minimum Gasteiger partial charge on any atom is -0.495 e. The maximum atomic E-state index is 12.6. The monoisotopic (exact) mass is 366 g/mol. The van der Waals surface area contributed by atoms with E-state index in [0.29, 0.717) is 16.8 Å². The highest BCUT2D eigenvalue weighted by molar-refractivity contribution is 5.81. The summed E-state index contributed by atoms with van der Waals surface area (Å²) < 4.78 is 10.8. The van der Waals surface area contributed by atoms with Gasteiger partial charge in [0.1, 0.15) is 17.0 Å². The molecule has 0 bridgehead atoms. The fourth-order valence-electron chi connectivity index (χ4n) is 2.99. The molecule has 6 heteroatoms. The molecule has 1 aromatic heterocycles. The third-order valence-corrected chi connectivity index (χ3v) is 4.43. The Labute approximate surface area is 157 Å². The van der Waals surface area contributed by atoms with Crippen LogP contribution < -0.4 is 26.0 Å². The normalized spacial score (nSPS) is 10.6. The molecular formula is C21H22N2O4. The molecule has 0 aliphatic rings. The molecule has 1 heterocycles. The Morgan fingerprint density at radius 2 is 1.74 bits per heavy atom. The number of para-hydroxylation sites is 2. The molecule has 3 aromatic rings. The summed E-state index contributed by atoms with van der Waals surface area (Å²) in [5.41, 5.74) is 0.892. The van der Waals surface area contributed by atoms with Crippen molar-refractivity contribution in [3.63, 3.8) is 0 Å². The molecule has 0 saturated carbocycles. The summed E-state index contributed by atoms with van der Waals surface area (Å²) >= 11 is 0. The van der Waals surface area contributed by atoms with E-state index in [1.54, 1.807) is 30.3 Å². The van der Waals surface area contributed by atoms with Crippen molar-refractivity contribution in [3.05, 3.63) is 69.2 Å². The predicted octanol–water partition coefficient (Wildman–Crippen LogP) is 3.75. The molecule has 0 aliphatic carbocycles. The molecule has 3 rings (SSSR count). The minimum atomic E-state index is -0.621. The lowest BCUT2D eigenvalue weighted by molar-refractivity contribution is 0.417. The van der Waals surface area contributed by atoms with E-state index in [2.05, 4.69) is 10.2 Å². The van der Waals surface area contributed by atoms with Crippen LogP contribution in [0.2, 0.25) is 0 Å². The van der Waals surface area contributed by atoms with Gasteiger partial charge >= 0.3 is 5.63 Å². The van der Waals surface area contributed by atoms with Gasteiger partial charge in [0, 0.05) is 30.9 Å². The maximum Gasteiger partial charge on any atom is 0.360 e. The van der Waals surface area contributed by atoms with E-state index >= 15 is 0 Å². The van der Waals surface area contributed by atoms with E-state index < -0.39 is 5.63 Å². The van der Waals surface area contributed by atoms with Crippen LogP contribution in [-0.4, -0.2) is 20.2 Å². The molecule has 0 aliphatic heterocycles. The fourth-order valence-corrected chi connectivity index (χ4v) is 2.99. The van der Waals surface area contributed by atoms with Gasteiger partial charge in [-0.15, -0.1) is 0 Å². The molecule has 2 aromatic carbocycles. The highest BCUT2D eigenvalue weighted by atomic mass is 16.5. The number of nitrogens with one attached hydrogen (secondary N) is 1. The Morgan fingerprint density at radius 1 is 1.00 bits per heavy atom. The van der Waals surface area contributed by atoms with Crippen molar-refractivity contribution in [2.75, 3.05) is 30.4 Å². The van der Waals surface area contributed by atoms with Crippen molar-refractivity contribution in [1.29, 1.82) is 0 Å². The second kappa shape index (κ2) is 7.95. The molecular weight excluding hydrogens is 344 g/mol. The summed E-state index contributed by atoms with van der Waals surface area (Å²) in [5, 5.41) is 3.30. The van der Waals surface area contributed by atoms with Crippen LogP contribution in [0.3, 0.4) is 0 Å². The molecule has 1 N–H and O–H groups in total. The molecule has 27 heavy (non-hydrogen) atoms. The van der Waals surface area contributed by atoms with Gasteiger partial charge in [-0.3, -0.25) is 4.79 Å². The van der Waals surface area contributed by atoms with Gasteiger partial charge in [0.15, 0.2) is 5.43 Å². The SMILES string of the molecule is CCN(CC)c1ccc2c(=O)cc(Nc3ccccc3OC)c(=O)oc2c1. The largest absolute Gasteiger partial charge is 0.495 e. The number of anilines is 3. The molecule has 0 amide bonds. The number of methoxy groups -OCH3 is 1. The van der Waals surface area contributed by atoms with E-state index in [1.165, 1.54) is 13.2 Å². The van der Waals surface area contributed by atoms with Crippen molar-refractivity contribution in [3.8, 4) is 5.75 Å². The number of rotatable bonds is 6. The zero-order chi connectivity index (χ0) is 19.4. The van der Waals surface area contributed by atoms with Gasteiger partial charge in [0.2, 0.25) is 0 Å². The lowest BCUT2D eigenvalue weighted by atomic mass is 10.2. The van der Waals surface area contributed by atoms with Crippen LogP contribution in [0.1, 0.15) is 13.8 Å². The lowest BCUT2D eigenvalue weighted by Gasteiger charge is -2.20. The predicted molar refractivity (Wildman–Crippen MR) is 109 cm³/mol. The second-order valence-electron chi connectivity index (χ2n) is 5.99. The molecule has 0 unspecified atom stereocenters. The van der Waals surface area contributed by atoms with Crippen LogP contribution in [-0.2, 0) is 0 Å². The smallest absolute Gasteiger partial charge is 0.360 e. The molecule has 0 saturated heterocycles. The van der Waals surface area contributed by atoms with Gasteiger partial charge in [-0.1, -0.05) is 12.1 Å². The summed E-state index contributed by atoms with van der Waals surface area (Å²) in [6.45, 7) is 5.72. The Morgan fingerprint density at radius 3 is 2.44 bits per heavy atom. The first kappa shape index (κ1) is 18.5. The average molecular weight is 366 g/mol. The van der Waals surface area contributed by atoms with Crippen LogP contribution in [0.25, 0.3) is 11.0 Å². The van der Waals surface area contributed by atoms with Gasteiger partial charge in [-0.05, 0) is 38.1 Å². The van der Waals surface area contributed by atoms with Gasteiger partial charge in [-0.25, -0.2) is 4.79 Å². The highest BCUT2D eigenvalue weighted by Gasteiger charge is 2.11. The van der Waals surface area contributed by atoms with Crippen LogP contribution >= 0.6 is 0 Å². The zero-order valence-electron chi connectivity index (χ0n) is 15.6. The number of benzene rings is 2. The summed E-state index contributed by atoms with van der Waals surface area (Å²) in [4.78, 5) is 27.3. The topological polar surface area (TPSA) is 71.8 Å². The van der Waals surface area contributed by atoms with E-state index in [1.807, 2.05) is 26.0 Å². The van der Waals surface area contributed by atoms with E-state index in [-0.39, 0.29) is 16.7 Å². The summed E-state index contributed by atoms with van der Waals surface area (Å²) in [7, 11) is 1.54. The Hall–Kier alpha value is -3.28. The first-order valence-electron chi connectivity index (χ1n) is 8.84. The third-order valence-electron chi connectivity index (χ3n) is 4.43. The highest BCUT2D eigenvalue weighted by Crippen LogP contribution is 2.26. The van der Waals surface area contributed by atoms with Crippen molar-refractivity contribution in [2.45, 2.75) is 13.8 Å². The van der Waals surface area contributed by atoms with E-state index in [4.69, 9.17) is 9.15 Å². The van der Waals surface area contributed by atoms with Crippen molar-refractivity contribution in [1.82, 2.24) is 0 Å². The molecule has 0 atom stereocenters. The number of hydrogen-bond acceptors (Lipinski definition) is 6. The van der Waals surface area contributed by atoms with Crippen molar-refractivity contribution in [2.24, 2.45) is 0 Å². The van der Waals surface area contributed by atoms with Crippen LogP contribution in [0.4, 0.5) is 17.1 Å². The lowest BCUT2D eigenvalue weighted by Crippen LogP contribution is -2.21. The molecule has 0 radical (unpaired) electrons. The summed E-state index contributed by atoms with van der Waals surface area (Å²) in [6.07, 6.45) is 0. The number of hydrogen-bond donors (Lipinski definition) is 1. The fraction of sp³-hybridized carbons (Fsp3) is 0.238. The van der Waals surface area contributed by atoms with Crippen LogP contribution in [0, 0.1) is 0 Å². The molecule has 6 nitrogen and oxygen atoms in total. The summed E-state index contributed by atoms with van der Waals surface area (Å²) in [6, 6.07) is 13.7. The van der Waals surface area contributed by atoms with Gasteiger partial charge in [-0.2, -0.15) is 0 Å². The van der Waals surface area contributed by atoms with E-state index in [0.717, 1.165) is 18.8 Å². The average Bonchev–Trinajstić information content (AvgIpc) is 2.79. The maximum absolute atomic E-state index is 12.6. The van der Waals surface area contributed by atoms with Crippen molar-refractivity contribution >= 4 is 28.0 Å². The number of fused-ring (bicyclic) bond motifs is 1. The van der Waals surface area contributed by atoms with Gasteiger partial charge in [0.05, 0.1) is 18.2 Å². The van der Waals surface area contributed by atoms with Gasteiger partial charge < -0.3 is 19.4 Å². The quantitative estimate of drug-likeness (QED) is 0.716. The third kappa shape index (κ3) is 3.79. The Balaban J connectivity index is 2.13. The first-order valence-corrected chi connectivity index (χ1v) is 8.84. The number of nitrogens with zero attached hydrogens (tertiary/aromatic N) is 1. The Kier molecular flexibility index (Phi) is 5.45. The molecule has 0 spiro atoms. The van der Waals surface area contributed by atoms with Crippen molar-refractivity contribution < 1.29 is 9.15 Å². The summed E-state index contributed by atoms with van der Waals surface area (Å²) in [5.74, 6) is 0.559. The molecule has 140 valence electrons. The molecule has 0 fully saturated rings. The van der Waals surface area contributed by atoms with E-state index in [9.17, 15) is 9.59 Å². The van der Waals surface area contributed by atoms with Crippen LogP contribution in [0.5, 0.6) is 5.75 Å².